The molecule has 0 aliphatic carbocycles. The maximum atomic E-state index is 10.3. The van der Waals surface area contributed by atoms with Crippen LogP contribution in [0.3, 0.4) is 0 Å². The maximum absolute atomic E-state index is 10.3. The van der Waals surface area contributed by atoms with Gasteiger partial charge in [0.2, 0.25) is 0 Å². The number of rotatable bonds is 12. The van der Waals surface area contributed by atoms with Gasteiger partial charge in [0.25, 0.3) is 0 Å². The van der Waals surface area contributed by atoms with Crippen LogP contribution in [0.4, 0.5) is 0 Å². The highest BCUT2D eigenvalue weighted by molar-refractivity contribution is 5.66. The predicted molar refractivity (Wildman–Crippen MR) is 107 cm³/mol. The van der Waals surface area contributed by atoms with Crippen LogP contribution in [0, 0.1) is 11.8 Å². The molecule has 0 saturated carbocycles. The number of hydrogen-bond acceptors (Lipinski definition) is 3. The second-order valence-corrected chi connectivity index (χ2v) is 5.56. The zero-order chi connectivity index (χ0) is 19.5. The van der Waals surface area contributed by atoms with Gasteiger partial charge in [0.05, 0.1) is 18.6 Å². The summed E-state index contributed by atoms with van der Waals surface area (Å²) in [5.41, 5.74) is 0. The summed E-state index contributed by atoms with van der Waals surface area (Å²) >= 11 is 0. The standard InChI is InChI=1S/C22H30O4/c1-2-3-10-15-20(23)16-11-7-5-4-6-8-12-17-21(24)18-13-9-14-19-22(25)26/h3,5-8,10-12,16-17,20-21,23-24H,2,4,14-15,18-19H2,1H3,(H,25,26)/b7-5-,8-6-,10-3-,16-11+,17-12+/t20-,21+/m0/s1. The summed E-state index contributed by atoms with van der Waals surface area (Å²) in [5.74, 6) is 4.61. The van der Waals surface area contributed by atoms with Gasteiger partial charge in [0.1, 0.15) is 0 Å². The number of carboxylic acid groups (broad SMARTS) is 1. The molecule has 0 radical (unpaired) electrons. The number of carbonyl (C=O) groups is 1. The summed E-state index contributed by atoms with van der Waals surface area (Å²) in [6.07, 6.45) is 20.6. The van der Waals surface area contributed by atoms with Crippen LogP contribution in [0.15, 0.2) is 60.8 Å². The first-order valence-corrected chi connectivity index (χ1v) is 8.91. The van der Waals surface area contributed by atoms with Crippen molar-refractivity contribution >= 4 is 5.97 Å². The van der Waals surface area contributed by atoms with E-state index in [1.54, 1.807) is 18.2 Å². The zero-order valence-electron chi connectivity index (χ0n) is 15.4. The molecule has 2 atom stereocenters. The fourth-order valence-corrected chi connectivity index (χ4v) is 1.76. The molecular formula is C22H30O4. The molecule has 0 aromatic rings. The van der Waals surface area contributed by atoms with Gasteiger partial charge in [-0.05, 0) is 19.3 Å². The van der Waals surface area contributed by atoms with E-state index < -0.39 is 18.2 Å². The largest absolute Gasteiger partial charge is 0.481 e. The highest BCUT2D eigenvalue weighted by Gasteiger charge is 1.94. The molecule has 0 fully saturated rings. The summed E-state index contributed by atoms with van der Waals surface area (Å²) in [6, 6.07) is 0. The Balaban J connectivity index is 3.88. The molecule has 0 amide bonds. The molecule has 0 bridgehead atoms. The van der Waals surface area contributed by atoms with Crippen molar-refractivity contribution in [2.45, 2.75) is 57.7 Å². The lowest BCUT2D eigenvalue weighted by molar-refractivity contribution is -0.136. The van der Waals surface area contributed by atoms with Crippen LogP contribution in [-0.2, 0) is 4.79 Å². The Morgan fingerprint density at radius 1 is 0.923 bits per heavy atom. The van der Waals surface area contributed by atoms with Crippen LogP contribution in [0.5, 0.6) is 0 Å². The highest BCUT2D eigenvalue weighted by Crippen LogP contribution is 1.98. The molecule has 4 nitrogen and oxygen atoms in total. The number of aliphatic hydroxyl groups excluding tert-OH is 2. The molecule has 0 rings (SSSR count). The Labute approximate surface area is 156 Å². The lowest BCUT2D eigenvalue weighted by Crippen LogP contribution is -1.99. The summed E-state index contributed by atoms with van der Waals surface area (Å²) in [4.78, 5) is 10.3. The minimum Gasteiger partial charge on any atom is -0.481 e. The number of hydrogen-bond donors (Lipinski definition) is 3. The van der Waals surface area contributed by atoms with Gasteiger partial charge in [-0.1, -0.05) is 67.7 Å². The van der Waals surface area contributed by atoms with E-state index in [1.165, 1.54) is 0 Å². The molecule has 26 heavy (non-hydrogen) atoms. The van der Waals surface area contributed by atoms with Crippen molar-refractivity contribution in [2.24, 2.45) is 0 Å². The van der Waals surface area contributed by atoms with E-state index in [2.05, 4.69) is 18.8 Å². The first kappa shape index (κ1) is 23.6. The molecule has 0 aromatic carbocycles. The van der Waals surface area contributed by atoms with Gasteiger partial charge in [-0.3, -0.25) is 4.79 Å². The van der Waals surface area contributed by atoms with Crippen molar-refractivity contribution in [2.75, 3.05) is 0 Å². The van der Waals surface area contributed by atoms with Gasteiger partial charge in [0.15, 0.2) is 0 Å². The van der Waals surface area contributed by atoms with E-state index in [1.807, 2.05) is 42.5 Å². The third kappa shape index (κ3) is 18.0. The van der Waals surface area contributed by atoms with Crippen LogP contribution >= 0.6 is 0 Å². The summed E-state index contributed by atoms with van der Waals surface area (Å²) < 4.78 is 0. The fourth-order valence-electron chi connectivity index (χ4n) is 1.76. The number of aliphatic carboxylic acids is 1. The maximum Gasteiger partial charge on any atom is 0.304 e. The molecule has 0 spiro atoms. The quantitative estimate of drug-likeness (QED) is 0.280. The van der Waals surface area contributed by atoms with Crippen LogP contribution in [-0.4, -0.2) is 33.5 Å². The first-order chi connectivity index (χ1) is 12.6. The van der Waals surface area contributed by atoms with Crippen LogP contribution in [0.25, 0.3) is 0 Å². The third-order valence-electron chi connectivity index (χ3n) is 3.11. The van der Waals surface area contributed by atoms with Gasteiger partial charge in [-0.25, -0.2) is 0 Å². The van der Waals surface area contributed by atoms with Crippen molar-refractivity contribution in [3.05, 3.63) is 60.8 Å². The summed E-state index contributed by atoms with van der Waals surface area (Å²) in [5, 5.41) is 27.8. The van der Waals surface area contributed by atoms with Gasteiger partial charge >= 0.3 is 5.97 Å². The molecule has 0 aromatic heterocycles. The SMILES string of the molecule is CC/C=C\C[C@H](O)/C=C/C=C\C/C=C\C=C\[C@@H](O)CC#CCCC(=O)O. The van der Waals surface area contributed by atoms with Gasteiger partial charge < -0.3 is 15.3 Å². The van der Waals surface area contributed by atoms with Crippen LogP contribution < -0.4 is 0 Å². The Morgan fingerprint density at radius 2 is 1.58 bits per heavy atom. The fraction of sp³-hybridized carbons (Fsp3) is 0.409. The van der Waals surface area contributed by atoms with E-state index in [4.69, 9.17) is 5.11 Å². The third-order valence-corrected chi connectivity index (χ3v) is 3.11. The van der Waals surface area contributed by atoms with E-state index >= 15 is 0 Å². The van der Waals surface area contributed by atoms with Crippen LogP contribution in [0.1, 0.15) is 45.4 Å². The van der Waals surface area contributed by atoms with Gasteiger partial charge in [-0.2, -0.15) is 0 Å². The van der Waals surface area contributed by atoms with Gasteiger partial charge in [0, 0.05) is 12.8 Å². The van der Waals surface area contributed by atoms with E-state index in [-0.39, 0.29) is 6.42 Å². The van der Waals surface area contributed by atoms with E-state index in [9.17, 15) is 15.0 Å². The number of aliphatic hydroxyl groups is 2. The van der Waals surface area contributed by atoms with Crippen molar-refractivity contribution in [1.82, 2.24) is 0 Å². The molecule has 0 heterocycles. The second-order valence-electron chi connectivity index (χ2n) is 5.56. The average molecular weight is 358 g/mol. The summed E-state index contributed by atoms with van der Waals surface area (Å²) in [7, 11) is 0. The van der Waals surface area contributed by atoms with Crippen molar-refractivity contribution in [3.8, 4) is 11.8 Å². The lowest BCUT2D eigenvalue weighted by Gasteiger charge is -1.98. The molecule has 4 heteroatoms. The Bertz CT molecular complexity index is 571. The summed E-state index contributed by atoms with van der Waals surface area (Å²) in [6.45, 7) is 2.06. The Kier molecular flexibility index (Phi) is 15.9. The van der Waals surface area contributed by atoms with Crippen molar-refractivity contribution < 1.29 is 20.1 Å². The second kappa shape index (κ2) is 17.5. The van der Waals surface area contributed by atoms with E-state index in [0.29, 0.717) is 19.3 Å². The lowest BCUT2D eigenvalue weighted by atomic mass is 10.2. The molecular weight excluding hydrogens is 328 g/mol. The molecule has 3 N–H and O–H groups in total. The number of carboxylic acids is 1. The van der Waals surface area contributed by atoms with E-state index in [0.717, 1.165) is 12.8 Å². The van der Waals surface area contributed by atoms with Crippen molar-refractivity contribution in [3.63, 3.8) is 0 Å². The molecule has 0 aliphatic heterocycles. The first-order valence-electron chi connectivity index (χ1n) is 8.91. The smallest absolute Gasteiger partial charge is 0.304 e. The topological polar surface area (TPSA) is 77.8 Å². The minimum absolute atomic E-state index is 0.0270. The van der Waals surface area contributed by atoms with Crippen molar-refractivity contribution in [1.29, 1.82) is 0 Å². The highest BCUT2D eigenvalue weighted by atomic mass is 16.4. The minimum atomic E-state index is -0.866. The zero-order valence-corrected chi connectivity index (χ0v) is 15.4. The molecule has 0 saturated heterocycles. The Hall–Kier alpha value is -2.35. The van der Waals surface area contributed by atoms with Crippen LogP contribution in [0.2, 0.25) is 0 Å². The molecule has 0 unspecified atom stereocenters. The predicted octanol–water partition coefficient (Wildman–Crippen LogP) is 3.94. The normalized spacial score (nSPS) is 14.6. The monoisotopic (exact) mass is 358 g/mol. The molecule has 0 aliphatic rings. The van der Waals surface area contributed by atoms with Gasteiger partial charge in [-0.15, -0.1) is 11.8 Å². The number of allylic oxidation sites excluding steroid dienone is 7. The average Bonchev–Trinajstić information content (AvgIpc) is 2.60. The Morgan fingerprint density at radius 3 is 2.19 bits per heavy atom. The molecule has 142 valence electrons.